The Kier molecular flexibility index (Phi) is 5.37. The molecule has 0 unspecified atom stereocenters. The number of anilines is 2. The minimum atomic E-state index is -1.03. The highest BCUT2D eigenvalue weighted by atomic mass is 19.1. The van der Waals surface area contributed by atoms with Gasteiger partial charge < -0.3 is 15.3 Å². The number of pyridine rings is 2. The minimum absolute atomic E-state index is 0.140. The van der Waals surface area contributed by atoms with Gasteiger partial charge in [-0.1, -0.05) is 0 Å². The third-order valence-corrected chi connectivity index (χ3v) is 5.96. The van der Waals surface area contributed by atoms with E-state index < -0.39 is 11.4 Å². The summed E-state index contributed by atoms with van der Waals surface area (Å²) in [5, 5.41) is 24.0. The molecular formula is C23H24FN5O. The lowest BCUT2D eigenvalue weighted by molar-refractivity contribution is -0.0334. The van der Waals surface area contributed by atoms with E-state index in [4.69, 9.17) is 10.2 Å². The summed E-state index contributed by atoms with van der Waals surface area (Å²) < 4.78 is 14.1. The van der Waals surface area contributed by atoms with Gasteiger partial charge in [0.05, 0.1) is 28.5 Å². The molecule has 154 valence electrons. The van der Waals surface area contributed by atoms with Crippen LogP contribution < -0.4 is 5.32 Å². The van der Waals surface area contributed by atoms with E-state index in [-0.39, 0.29) is 11.6 Å². The zero-order chi connectivity index (χ0) is 21.3. The van der Waals surface area contributed by atoms with Gasteiger partial charge in [0.15, 0.2) is 0 Å². The van der Waals surface area contributed by atoms with Crippen molar-refractivity contribution in [3.63, 3.8) is 0 Å². The highest BCUT2D eigenvalue weighted by Crippen LogP contribution is 2.36. The monoisotopic (exact) mass is 405 g/mol. The highest BCUT2D eigenvalue weighted by Gasteiger charge is 2.36. The Morgan fingerprint density at radius 2 is 2.00 bits per heavy atom. The van der Waals surface area contributed by atoms with Crippen LogP contribution in [0.25, 0.3) is 10.9 Å². The largest absolute Gasteiger partial charge is 0.384 e. The lowest BCUT2D eigenvalue weighted by Crippen LogP contribution is -2.41. The zero-order valence-electron chi connectivity index (χ0n) is 17.1. The number of piperidine rings is 1. The van der Waals surface area contributed by atoms with Crippen molar-refractivity contribution in [2.24, 2.45) is 5.92 Å². The van der Waals surface area contributed by atoms with Crippen LogP contribution in [0.2, 0.25) is 0 Å². The molecule has 3 aromatic rings. The predicted molar refractivity (Wildman–Crippen MR) is 114 cm³/mol. The maximum atomic E-state index is 14.1. The molecule has 1 saturated heterocycles. The number of nitrogens with one attached hydrogen (secondary N) is 1. The molecule has 3 heterocycles. The Hall–Kier alpha value is -3.08. The standard InChI is InChI=1S/C23H24FN5O/c1-23(30,17-7-9-29(2)10-8-17)21-6-4-16-14-26-22(12-19(16)27-21)28-20-11-15(13-25)3-5-18(20)24/h3-6,11-12,14,17,30H,7-10H2,1-2H3,(H,26,28)/t23-/m1/s1. The van der Waals surface area contributed by atoms with Crippen LogP contribution in [0, 0.1) is 23.1 Å². The molecule has 6 nitrogen and oxygen atoms in total. The van der Waals surface area contributed by atoms with Gasteiger partial charge in [-0.25, -0.2) is 14.4 Å². The van der Waals surface area contributed by atoms with E-state index in [2.05, 4.69) is 22.2 Å². The van der Waals surface area contributed by atoms with Crippen molar-refractivity contribution in [2.45, 2.75) is 25.4 Å². The average molecular weight is 405 g/mol. The van der Waals surface area contributed by atoms with Crippen molar-refractivity contribution in [1.29, 1.82) is 5.26 Å². The summed E-state index contributed by atoms with van der Waals surface area (Å²) >= 11 is 0. The number of fused-ring (bicyclic) bond motifs is 1. The molecule has 0 saturated carbocycles. The number of aromatic nitrogens is 2. The van der Waals surface area contributed by atoms with Crippen LogP contribution in [0.1, 0.15) is 31.0 Å². The van der Waals surface area contributed by atoms with Gasteiger partial charge in [-0.05, 0) is 76.2 Å². The summed E-state index contributed by atoms with van der Waals surface area (Å²) in [6.45, 7) is 3.75. The quantitative estimate of drug-likeness (QED) is 0.684. The van der Waals surface area contributed by atoms with E-state index >= 15 is 0 Å². The van der Waals surface area contributed by atoms with Crippen molar-refractivity contribution >= 4 is 22.4 Å². The van der Waals surface area contributed by atoms with Crippen LogP contribution in [-0.4, -0.2) is 40.1 Å². The molecule has 2 aromatic heterocycles. The molecule has 2 N–H and O–H groups in total. The summed E-state index contributed by atoms with van der Waals surface area (Å²) in [6, 6.07) is 11.6. The van der Waals surface area contributed by atoms with Gasteiger partial charge in [0, 0.05) is 17.6 Å². The number of hydrogen-bond donors (Lipinski definition) is 2. The topological polar surface area (TPSA) is 85.1 Å². The fourth-order valence-corrected chi connectivity index (χ4v) is 3.97. The van der Waals surface area contributed by atoms with Gasteiger partial charge in [0.25, 0.3) is 0 Å². The molecule has 1 atom stereocenters. The molecule has 0 radical (unpaired) electrons. The SMILES string of the molecule is CN1CCC([C@@](C)(O)c2ccc3cnc(Nc4cc(C#N)ccc4F)cc3n2)CC1. The minimum Gasteiger partial charge on any atom is -0.384 e. The first-order chi connectivity index (χ1) is 14.4. The lowest BCUT2D eigenvalue weighted by Gasteiger charge is -2.38. The third kappa shape index (κ3) is 3.97. The Morgan fingerprint density at radius 1 is 1.23 bits per heavy atom. The molecule has 1 aliphatic rings. The van der Waals surface area contributed by atoms with E-state index in [0.29, 0.717) is 22.6 Å². The van der Waals surface area contributed by atoms with E-state index in [1.807, 2.05) is 25.1 Å². The number of benzene rings is 1. The molecule has 4 rings (SSSR count). The van der Waals surface area contributed by atoms with Crippen molar-refractivity contribution < 1.29 is 9.50 Å². The fourth-order valence-electron chi connectivity index (χ4n) is 3.97. The Labute approximate surface area is 175 Å². The Balaban J connectivity index is 1.64. The van der Waals surface area contributed by atoms with Crippen molar-refractivity contribution in [3.8, 4) is 6.07 Å². The number of likely N-dealkylation sites (tertiary alicyclic amines) is 1. The van der Waals surface area contributed by atoms with Gasteiger partial charge in [-0.15, -0.1) is 0 Å². The first kappa shape index (κ1) is 20.2. The number of hydrogen-bond acceptors (Lipinski definition) is 6. The second-order valence-electron chi connectivity index (χ2n) is 8.12. The van der Waals surface area contributed by atoms with Crippen molar-refractivity contribution in [3.05, 3.63) is 59.7 Å². The Morgan fingerprint density at radius 3 is 2.73 bits per heavy atom. The number of rotatable bonds is 4. The second kappa shape index (κ2) is 7.98. The van der Waals surface area contributed by atoms with E-state index in [1.165, 1.54) is 18.2 Å². The fraction of sp³-hybridized carbons (Fsp3) is 0.348. The summed E-state index contributed by atoms with van der Waals surface area (Å²) in [7, 11) is 2.09. The zero-order valence-corrected chi connectivity index (χ0v) is 17.1. The van der Waals surface area contributed by atoms with Crippen molar-refractivity contribution in [1.82, 2.24) is 14.9 Å². The maximum Gasteiger partial charge on any atom is 0.146 e. The molecule has 1 fully saturated rings. The molecule has 0 spiro atoms. The first-order valence-corrected chi connectivity index (χ1v) is 10.0. The molecule has 1 aliphatic heterocycles. The molecule has 7 heteroatoms. The van der Waals surface area contributed by atoms with E-state index in [0.717, 1.165) is 31.3 Å². The van der Waals surface area contributed by atoms with Gasteiger partial charge in [-0.3, -0.25) is 0 Å². The number of nitrogens with zero attached hydrogens (tertiary/aromatic N) is 4. The summed E-state index contributed by atoms with van der Waals surface area (Å²) in [4.78, 5) is 11.3. The van der Waals surface area contributed by atoms with Gasteiger partial charge in [0.1, 0.15) is 17.2 Å². The van der Waals surface area contributed by atoms with E-state index in [9.17, 15) is 9.50 Å². The molecule has 1 aromatic carbocycles. The van der Waals surface area contributed by atoms with Crippen LogP contribution in [-0.2, 0) is 5.60 Å². The molecule has 0 aliphatic carbocycles. The smallest absolute Gasteiger partial charge is 0.146 e. The van der Waals surface area contributed by atoms with Crippen LogP contribution in [0.15, 0.2) is 42.6 Å². The summed E-state index contributed by atoms with van der Waals surface area (Å²) in [5.41, 5.74) is 0.790. The molecule has 30 heavy (non-hydrogen) atoms. The lowest BCUT2D eigenvalue weighted by atomic mass is 9.79. The molecule has 0 bridgehead atoms. The first-order valence-electron chi connectivity index (χ1n) is 10.0. The Bertz CT molecular complexity index is 1120. The van der Waals surface area contributed by atoms with Crippen LogP contribution in [0.5, 0.6) is 0 Å². The summed E-state index contributed by atoms with van der Waals surface area (Å²) in [5.74, 6) is 0.0868. The highest BCUT2D eigenvalue weighted by molar-refractivity contribution is 5.81. The van der Waals surface area contributed by atoms with Gasteiger partial charge in [0.2, 0.25) is 0 Å². The second-order valence-corrected chi connectivity index (χ2v) is 8.12. The maximum absolute atomic E-state index is 14.1. The normalized spacial score (nSPS) is 17.4. The van der Waals surface area contributed by atoms with Crippen LogP contribution in [0.4, 0.5) is 15.9 Å². The van der Waals surface area contributed by atoms with Crippen LogP contribution >= 0.6 is 0 Å². The average Bonchev–Trinajstić information content (AvgIpc) is 2.75. The predicted octanol–water partition coefficient (Wildman–Crippen LogP) is 3.93. The van der Waals surface area contributed by atoms with Gasteiger partial charge in [-0.2, -0.15) is 5.26 Å². The van der Waals surface area contributed by atoms with E-state index in [1.54, 1.807) is 12.3 Å². The van der Waals surface area contributed by atoms with Gasteiger partial charge >= 0.3 is 0 Å². The third-order valence-electron chi connectivity index (χ3n) is 5.96. The van der Waals surface area contributed by atoms with Crippen LogP contribution in [0.3, 0.4) is 0 Å². The number of halogens is 1. The number of nitriles is 1. The molecule has 0 amide bonds. The summed E-state index contributed by atoms with van der Waals surface area (Å²) in [6.07, 6.45) is 3.49. The molecular weight excluding hydrogens is 381 g/mol. The number of aliphatic hydroxyl groups is 1. The van der Waals surface area contributed by atoms with Crippen molar-refractivity contribution in [2.75, 3.05) is 25.5 Å².